The number of ether oxygens (including phenoxy) is 1. The Morgan fingerprint density at radius 2 is 1.93 bits per heavy atom. The summed E-state index contributed by atoms with van der Waals surface area (Å²) >= 11 is 0. The molecule has 0 saturated carbocycles. The number of halogens is 1. The Hall–Kier alpha value is -3.54. The van der Waals surface area contributed by atoms with E-state index >= 15 is 0 Å². The lowest BCUT2D eigenvalue weighted by atomic mass is 9.92. The van der Waals surface area contributed by atoms with Crippen molar-refractivity contribution in [1.29, 1.82) is 0 Å². The van der Waals surface area contributed by atoms with E-state index in [-0.39, 0.29) is 17.6 Å². The van der Waals surface area contributed by atoms with Gasteiger partial charge in [0.05, 0.1) is 24.7 Å². The van der Waals surface area contributed by atoms with Gasteiger partial charge in [0.1, 0.15) is 11.6 Å². The van der Waals surface area contributed by atoms with Gasteiger partial charge >= 0.3 is 0 Å². The van der Waals surface area contributed by atoms with Crippen molar-refractivity contribution in [3.63, 3.8) is 0 Å². The number of rotatable bonds is 5. The number of hydrogen-bond acceptors (Lipinski definition) is 4. The van der Waals surface area contributed by atoms with Crippen LogP contribution in [-0.4, -0.2) is 41.0 Å². The van der Waals surface area contributed by atoms with E-state index in [4.69, 9.17) is 4.74 Å². The van der Waals surface area contributed by atoms with Gasteiger partial charge in [-0.15, -0.1) is 0 Å². The first-order valence-electron chi connectivity index (χ1n) is 9.76. The number of benzene rings is 1. The monoisotopic (exact) mass is 403 g/mol. The topological polar surface area (TPSA) is 55.3 Å². The second kappa shape index (κ2) is 8.45. The summed E-state index contributed by atoms with van der Waals surface area (Å²) in [5.41, 5.74) is 4.35. The van der Waals surface area contributed by atoms with Gasteiger partial charge in [-0.3, -0.25) is 14.8 Å². The number of hydrogen-bond donors (Lipinski definition) is 0. The summed E-state index contributed by atoms with van der Waals surface area (Å²) in [6.45, 7) is 4.89. The molecule has 1 atom stereocenters. The number of likely N-dealkylation sites (tertiary alicyclic amines) is 1. The molecular formula is C24H22FN3O2. The van der Waals surface area contributed by atoms with E-state index in [1.807, 2.05) is 24.4 Å². The molecule has 1 fully saturated rings. The summed E-state index contributed by atoms with van der Waals surface area (Å²) in [7, 11) is 1.60. The molecular weight excluding hydrogens is 381 g/mol. The van der Waals surface area contributed by atoms with Crippen molar-refractivity contribution in [2.45, 2.75) is 12.3 Å². The Labute approximate surface area is 174 Å². The van der Waals surface area contributed by atoms with Crippen molar-refractivity contribution >= 4 is 5.91 Å². The van der Waals surface area contributed by atoms with Gasteiger partial charge in [0.2, 0.25) is 5.91 Å². The molecule has 0 N–H and O–H groups in total. The average molecular weight is 403 g/mol. The van der Waals surface area contributed by atoms with Gasteiger partial charge in [0.25, 0.3) is 0 Å². The number of aromatic nitrogens is 2. The highest BCUT2D eigenvalue weighted by molar-refractivity contribution is 5.87. The molecule has 0 aliphatic carbocycles. The van der Waals surface area contributed by atoms with E-state index < -0.39 is 0 Å². The van der Waals surface area contributed by atoms with Gasteiger partial charge in [-0.2, -0.15) is 0 Å². The lowest BCUT2D eigenvalue weighted by Crippen LogP contribution is -2.26. The van der Waals surface area contributed by atoms with Crippen LogP contribution >= 0.6 is 0 Å². The molecule has 152 valence electrons. The minimum Gasteiger partial charge on any atom is -0.495 e. The Bertz CT molecular complexity index is 1060. The number of carbonyl (C=O) groups excluding carboxylic acids is 1. The Morgan fingerprint density at radius 1 is 1.17 bits per heavy atom. The minimum atomic E-state index is -0.287. The summed E-state index contributed by atoms with van der Waals surface area (Å²) in [4.78, 5) is 23.0. The summed E-state index contributed by atoms with van der Waals surface area (Å²) in [5.74, 6) is 0.488. The van der Waals surface area contributed by atoms with Crippen LogP contribution in [0, 0.1) is 5.82 Å². The highest BCUT2D eigenvalue weighted by Crippen LogP contribution is 2.36. The van der Waals surface area contributed by atoms with Gasteiger partial charge in [-0.1, -0.05) is 6.58 Å². The fourth-order valence-corrected chi connectivity index (χ4v) is 3.80. The molecule has 1 aliphatic rings. The molecule has 1 saturated heterocycles. The van der Waals surface area contributed by atoms with Crippen LogP contribution in [-0.2, 0) is 4.79 Å². The Kier molecular flexibility index (Phi) is 5.57. The van der Waals surface area contributed by atoms with Crippen molar-refractivity contribution in [2.75, 3.05) is 20.2 Å². The molecule has 1 aromatic carbocycles. The maximum atomic E-state index is 13.3. The zero-order valence-electron chi connectivity index (χ0n) is 16.7. The fourth-order valence-electron chi connectivity index (χ4n) is 3.80. The van der Waals surface area contributed by atoms with Gasteiger partial charge in [-0.25, -0.2) is 4.39 Å². The molecule has 30 heavy (non-hydrogen) atoms. The number of pyridine rings is 2. The van der Waals surface area contributed by atoms with Crippen molar-refractivity contribution in [1.82, 2.24) is 14.9 Å². The molecule has 6 heteroatoms. The molecule has 3 aromatic rings. The van der Waals surface area contributed by atoms with Crippen molar-refractivity contribution < 1.29 is 13.9 Å². The van der Waals surface area contributed by atoms with E-state index in [0.29, 0.717) is 18.8 Å². The predicted octanol–water partition coefficient (Wildman–Crippen LogP) is 4.46. The Balaban J connectivity index is 1.76. The van der Waals surface area contributed by atoms with Gasteiger partial charge in [0.15, 0.2) is 0 Å². The summed E-state index contributed by atoms with van der Waals surface area (Å²) in [5, 5.41) is 0. The van der Waals surface area contributed by atoms with Crippen LogP contribution in [0.3, 0.4) is 0 Å². The minimum absolute atomic E-state index is 0.0579. The fraction of sp³-hybridized carbons (Fsp3) is 0.208. The van der Waals surface area contributed by atoms with Gasteiger partial charge < -0.3 is 9.64 Å². The molecule has 0 radical (unpaired) electrons. The number of methoxy groups -OCH3 is 1. The summed E-state index contributed by atoms with van der Waals surface area (Å²) in [6.07, 6.45) is 5.73. The molecule has 5 nitrogen and oxygen atoms in total. The van der Waals surface area contributed by atoms with E-state index in [2.05, 4.69) is 16.5 Å². The van der Waals surface area contributed by atoms with E-state index in [1.165, 1.54) is 18.2 Å². The van der Waals surface area contributed by atoms with Crippen molar-refractivity contribution in [2.24, 2.45) is 0 Å². The first-order chi connectivity index (χ1) is 14.6. The van der Waals surface area contributed by atoms with E-state index in [9.17, 15) is 9.18 Å². The van der Waals surface area contributed by atoms with Crippen LogP contribution in [0.1, 0.15) is 17.9 Å². The summed E-state index contributed by atoms with van der Waals surface area (Å²) < 4.78 is 18.6. The number of carbonyl (C=O) groups is 1. The molecule has 0 bridgehead atoms. The number of amides is 1. The SMILES string of the molecule is C=CC(=O)N1CCC(c2cnc(-c3ccc(F)cc3)cc2-c2ccc(OC)cn2)C1. The highest BCUT2D eigenvalue weighted by Gasteiger charge is 2.28. The molecule has 0 spiro atoms. The van der Waals surface area contributed by atoms with Crippen LogP contribution in [0.5, 0.6) is 5.75 Å². The zero-order chi connectivity index (χ0) is 21.1. The molecule has 4 rings (SSSR count). The van der Waals surface area contributed by atoms with Crippen LogP contribution in [0.2, 0.25) is 0 Å². The molecule has 1 aliphatic heterocycles. The third kappa shape index (κ3) is 3.94. The molecule has 1 amide bonds. The maximum absolute atomic E-state index is 13.3. The smallest absolute Gasteiger partial charge is 0.245 e. The molecule has 1 unspecified atom stereocenters. The van der Waals surface area contributed by atoms with Crippen LogP contribution in [0.25, 0.3) is 22.5 Å². The first kappa shape index (κ1) is 19.8. The van der Waals surface area contributed by atoms with Gasteiger partial charge in [-0.05, 0) is 60.5 Å². The van der Waals surface area contributed by atoms with Crippen LogP contribution < -0.4 is 4.74 Å². The normalized spacial score (nSPS) is 15.8. The van der Waals surface area contributed by atoms with Crippen LogP contribution in [0.4, 0.5) is 4.39 Å². The Morgan fingerprint density at radius 3 is 2.60 bits per heavy atom. The molecule has 2 aromatic heterocycles. The quantitative estimate of drug-likeness (QED) is 0.590. The third-order valence-electron chi connectivity index (χ3n) is 5.44. The lowest BCUT2D eigenvalue weighted by Gasteiger charge is -2.18. The summed E-state index contributed by atoms with van der Waals surface area (Å²) in [6, 6.07) is 12.0. The largest absolute Gasteiger partial charge is 0.495 e. The number of nitrogens with zero attached hydrogens (tertiary/aromatic N) is 3. The predicted molar refractivity (Wildman–Crippen MR) is 114 cm³/mol. The van der Waals surface area contributed by atoms with Crippen molar-refractivity contribution in [3.8, 4) is 28.3 Å². The first-order valence-corrected chi connectivity index (χ1v) is 9.76. The zero-order valence-corrected chi connectivity index (χ0v) is 16.7. The maximum Gasteiger partial charge on any atom is 0.245 e. The second-order valence-electron chi connectivity index (χ2n) is 7.22. The standard InChI is InChI=1S/C24H22FN3O2/c1-3-24(29)28-11-10-17(15-28)21-14-27-23(16-4-6-18(25)7-5-16)12-20(21)22-9-8-19(30-2)13-26-22/h3-9,12-14,17H,1,10-11,15H2,2H3. The third-order valence-corrected chi connectivity index (χ3v) is 5.44. The highest BCUT2D eigenvalue weighted by atomic mass is 19.1. The average Bonchev–Trinajstić information content (AvgIpc) is 3.29. The van der Waals surface area contributed by atoms with Crippen LogP contribution in [0.15, 0.2) is 67.5 Å². The second-order valence-corrected chi connectivity index (χ2v) is 7.22. The van der Waals surface area contributed by atoms with Crippen molar-refractivity contribution in [3.05, 3.63) is 78.9 Å². The van der Waals surface area contributed by atoms with E-state index in [0.717, 1.165) is 34.5 Å². The van der Waals surface area contributed by atoms with Gasteiger partial charge in [0, 0.05) is 36.3 Å². The molecule has 3 heterocycles. The van der Waals surface area contributed by atoms with E-state index in [1.54, 1.807) is 30.3 Å². The lowest BCUT2D eigenvalue weighted by molar-refractivity contribution is -0.125.